The van der Waals surface area contributed by atoms with Gasteiger partial charge in [0.05, 0.1) is 49.4 Å². The van der Waals surface area contributed by atoms with Gasteiger partial charge >= 0.3 is 0 Å². The van der Waals surface area contributed by atoms with Crippen molar-refractivity contribution in [1.29, 1.82) is 0 Å². The number of ketones is 2. The fourth-order valence-electron chi connectivity index (χ4n) is 7.86. The van der Waals surface area contributed by atoms with Crippen molar-refractivity contribution in [3.8, 4) is 11.5 Å². The Morgan fingerprint density at radius 2 is 1.94 bits per heavy atom. The van der Waals surface area contributed by atoms with E-state index < -0.39 is 66.4 Å². The molecule has 49 heavy (non-hydrogen) atoms. The van der Waals surface area contributed by atoms with E-state index in [9.17, 15) is 29.7 Å². The van der Waals surface area contributed by atoms with Gasteiger partial charge in [-0.05, 0) is 24.6 Å². The molecular formula is C34H39N3O12. The summed E-state index contributed by atoms with van der Waals surface area (Å²) >= 11 is 0. The molecule has 0 aromatic heterocycles. The summed E-state index contributed by atoms with van der Waals surface area (Å²) in [5, 5.41) is 38.1. The van der Waals surface area contributed by atoms with Crippen molar-refractivity contribution in [2.45, 2.75) is 81.9 Å². The first-order chi connectivity index (χ1) is 23.5. The number of hydrogen-bond acceptors (Lipinski definition) is 14. The van der Waals surface area contributed by atoms with Crippen LogP contribution in [-0.2, 0) is 34.9 Å². The van der Waals surface area contributed by atoms with E-state index in [0.29, 0.717) is 25.1 Å². The number of hydrazone groups is 1. The van der Waals surface area contributed by atoms with Gasteiger partial charge in [0.15, 0.2) is 30.4 Å². The van der Waals surface area contributed by atoms with Crippen LogP contribution in [0, 0.1) is 0 Å². The number of rotatable bonds is 7. The van der Waals surface area contributed by atoms with Gasteiger partial charge in [0.25, 0.3) is 0 Å². The highest BCUT2D eigenvalue weighted by atomic mass is 16.7. The number of benzene rings is 2. The Morgan fingerprint density at radius 3 is 2.65 bits per heavy atom. The van der Waals surface area contributed by atoms with Gasteiger partial charge in [0.1, 0.15) is 23.2 Å². The molecule has 0 saturated carbocycles. The molecule has 15 nitrogen and oxygen atoms in total. The van der Waals surface area contributed by atoms with E-state index in [1.807, 2.05) is 6.92 Å². The molecule has 262 valence electrons. The van der Waals surface area contributed by atoms with Crippen molar-refractivity contribution in [3.63, 3.8) is 0 Å². The number of ether oxygens (including phenoxy) is 6. The first-order valence-corrected chi connectivity index (χ1v) is 16.2. The average Bonchev–Trinajstić information content (AvgIpc) is 3.46. The Morgan fingerprint density at radius 1 is 1.16 bits per heavy atom. The Balaban J connectivity index is 1.29. The number of morpholine rings is 1. The number of phenolic OH excluding ortho intramolecular Hbond substituents is 1. The van der Waals surface area contributed by atoms with Crippen molar-refractivity contribution in [1.82, 2.24) is 10.3 Å². The molecule has 5 aliphatic rings. The van der Waals surface area contributed by atoms with Gasteiger partial charge in [-0.1, -0.05) is 12.1 Å². The summed E-state index contributed by atoms with van der Waals surface area (Å²) in [7, 11) is 2.96. The van der Waals surface area contributed by atoms with E-state index in [4.69, 9.17) is 28.4 Å². The van der Waals surface area contributed by atoms with Crippen LogP contribution in [0.4, 0.5) is 0 Å². The van der Waals surface area contributed by atoms with E-state index >= 15 is 0 Å². The Labute approximate surface area is 281 Å². The molecule has 0 spiro atoms. The highest BCUT2D eigenvalue weighted by Gasteiger charge is 2.54. The molecule has 4 N–H and O–H groups in total. The summed E-state index contributed by atoms with van der Waals surface area (Å²) in [4.78, 5) is 41.7. The Hall–Kier alpha value is -3.80. The van der Waals surface area contributed by atoms with Crippen molar-refractivity contribution in [2.75, 3.05) is 34.0 Å². The van der Waals surface area contributed by atoms with Crippen molar-refractivity contribution >= 4 is 23.2 Å². The smallest absolute Gasteiger partial charge is 0.236 e. The molecule has 2 aromatic carbocycles. The van der Waals surface area contributed by atoms with Crippen LogP contribution in [0.5, 0.6) is 11.5 Å². The van der Waals surface area contributed by atoms with Gasteiger partial charge in [0.2, 0.25) is 5.91 Å². The van der Waals surface area contributed by atoms with Crippen LogP contribution in [0.3, 0.4) is 0 Å². The zero-order valence-corrected chi connectivity index (χ0v) is 27.5. The van der Waals surface area contributed by atoms with E-state index in [1.165, 1.54) is 26.2 Å². The number of hydrogen-bond donors (Lipinski definition) is 4. The third-order valence-corrected chi connectivity index (χ3v) is 10.1. The number of aliphatic hydroxyl groups is 2. The minimum Gasteiger partial charge on any atom is -0.507 e. The van der Waals surface area contributed by atoms with Gasteiger partial charge in [-0.2, -0.15) is 5.10 Å². The van der Waals surface area contributed by atoms with E-state index in [2.05, 4.69) is 15.4 Å². The number of nitrogens with one attached hydrogen (secondary N) is 1. The minimum atomic E-state index is -1.94. The molecule has 3 aliphatic heterocycles. The molecule has 3 fully saturated rings. The van der Waals surface area contributed by atoms with E-state index in [-0.39, 0.29) is 64.3 Å². The zero-order chi connectivity index (χ0) is 34.8. The zero-order valence-electron chi connectivity index (χ0n) is 27.5. The lowest BCUT2D eigenvalue weighted by molar-refractivity contribution is -0.255. The van der Waals surface area contributed by atoms with Crippen molar-refractivity contribution < 1.29 is 58.1 Å². The number of aliphatic hydroxyl groups excluding tert-OH is 1. The first-order valence-electron chi connectivity index (χ1n) is 16.2. The van der Waals surface area contributed by atoms with Crippen LogP contribution in [0.2, 0.25) is 0 Å². The van der Waals surface area contributed by atoms with Crippen LogP contribution in [0.1, 0.15) is 75.8 Å². The predicted molar refractivity (Wildman–Crippen MR) is 168 cm³/mol. The molecular weight excluding hydrogens is 642 g/mol. The lowest BCUT2D eigenvalue weighted by Crippen LogP contribution is -2.55. The number of aromatic hydroxyl groups is 1. The highest BCUT2D eigenvalue weighted by Crippen LogP contribution is 2.49. The van der Waals surface area contributed by atoms with Crippen LogP contribution in [0.15, 0.2) is 29.4 Å². The quantitative estimate of drug-likeness (QED) is 0.203. The van der Waals surface area contributed by atoms with E-state index in [0.717, 1.165) is 0 Å². The lowest BCUT2D eigenvalue weighted by Gasteiger charge is -2.43. The second-order valence-corrected chi connectivity index (χ2v) is 13.0. The van der Waals surface area contributed by atoms with E-state index in [1.54, 1.807) is 19.2 Å². The number of methoxy groups -OCH3 is 2. The fourth-order valence-corrected chi connectivity index (χ4v) is 7.86. The normalized spacial score (nSPS) is 32.4. The number of nitrogens with zero attached hydrogens (tertiary/aromatic N) is 2. The number of amides is 1. The first kappa shape index (κ1) is 33.7. The largest absolute Gasteiger partial charge is 0.507 e. The number of carbonyl (C=O) groups excluding carboxylic acids is 3. The second-order valence-electron chi connectivity index (χ2n) is 13.0. The average molecular weight is 682 g/mol. The topological polar surface area (TPSA) is 195 Å². The summed E-state index contributed by atoms with van der Waals surface area (Å²) in [6, 6.07) is 6.05. The second kappa shape index (κ2) is 12.8. The molecule has 3 saturated heterocycles. The summed E-state index contributed by atoms with van der Waals surface area (Å²) in [5.41, 5.74) is 0.548. The minimum absolute atomic E-state index is 0.0319. The Kier molecular flexibility index (Phi) is 8.82. The van der Waals surface area contributed by atoms with Crippen LogP contribution < -0.4 is 10.2 Å². The lowest BCUT2D eigenvalue weighted by atomic mass is 9.72. The number of phenols is 1. The molecule has 0 unspecified atom stereocenters. The van der Waals surface area contributed by atoms with Gasteiger partial charge in [-0.25, -0.2) is 5.43 Å². The van der Waals surface area contributed by atoms with Gasteiger partial charge in [-0.15, -0.1) is 0 Å². The van der Waals surface area contributed by atoms with Gasteiger partial charge in [-0.3, -0.25) is 19.3 Å². The fraction of sp³-hybridized carbons (Fsp3) is 0.529. The summed E-state index contributed by atoms with van der Waals surface area (Å²) < 4.78 is 35.9. The molecule has 2 aliphatic carbocycles. The molecule has 15 heteroatoms. The number of carbonyl (C=O) groups is 3. The Bertz CT molecular complexity index is 1730. The summed E-state index contributed by atoms with van der Waals surface area (Å²) in [5.74, 6) is -1.90. The van der Waals surface area contributed by atoms with Crippen molar-refractivity contribution in [3.05, 3.63) is 57.6 Å². The number of fused-ring (bicyclic) bond motifs is 6. The molecule has 8 atom stereocenters. The molecule has 3 heterocycles. The standard InChI is InChI=1S/C34H39N3O12/c1-15-31-21(37-8-9-46-33(45-4)32(37)49-31)11-25(47-15)48-23-13-34(43,24(14-38)36-35-16(2)39)12-20-18(23)10-19-27(30(20)42)28(40)17-6-5-7-22(44-3)26(17)29(19)41/h5-7,10,15,21,23,25,31-33,38,42-43H,8-9,11-14H2,1-4H3,(H,35,39)/b36-24+/t15-,21-,23-,25-,31+,32+,33-,34-/m0/s1. The van der Waals surface area contributed by atoms with Crippen molar-refractivity contribution in [2.24, 2.45) is 5.10 Å². The molecule has 2 aromatic rings. The third kappa shape index (κ3) is 5.54. The molecule has 7 rings (SSSR count). The van der Waals surface area contributed by atoms with Crippen LogP contribution in [-0.4, -0.2) is 120 Å². The van der Waals surface area contributed by atoms with Gasteiger partial charge in [0, 0.05) is 62.6 Å². The highest BCUT2D eigenvalue weighted by molar-refractivity contribution is 6.30. The maximum Gasteiger partial charge on any atom is 0.236 e. The third-order valence-electron chi connectivity index (χ3n) is 10.1. The molecule has 1 amide bonds. The van der Waals surface area contributed by atoms with Gasteiger partial charge < -0.3 is 43.7 Å². The maximum absolute atomic E-state index is 14.0. The summed E-state index contributed by atoms with van der Waals surface area (Å²) in [6.07, 6.45) is -3.67. The monoisotopic (exact) mass is 681 g/mol. The molecule has 0 bridgehead atoms. The predicted octanol–water partition coefficient (Wildman–Crippen LogP) is 0.929. The summed E-state index contributed by atoms with van der Waals surface area (Å²) in [6.45, 7) is 3.44. The van der Waals surface area contributed by atoms with Crippen LogP contribution in [0.25, 0.3) is 0 Å². The van der Waals surface area contributed by atoms with Crippen LogP contribution >= 0.6 is 0 Å². The SMILES string of the molecule is COc1cccc2c1C(=O)c1cc3c(c(O)c1C2=O)C[C@@](O)(/C(CO)=N/NC(C)=O)C[C@@H]3O[C@H]1C[C@H]2[C@H](O[C@@H]3[C@@H](OC)OCCN32)[C@H](C)O1. The molecule has 0 radical (unpaired) electrons. The maximum atomic E-state index is 14.0.